The minimum Gasteiger partial charge on any atom is -0.251 e. The normalized spacial score (nSPS) is 24.1. The van der Waals surface area contributed by atoms with E-state index in [9.17, 15) is 4.39 Å². The van der Waals surface area contributed by atoms with Crippen molar-refractivity contribution in [3.63, 3.8) is 0 Å². The molecule has 0 amide bonds. The van der Waals surface area contributed by atoms with Crippen molar-refractivity contribution in [2.24, 2.45) is 5.92 Å². The molecule has 0 spiro atoms. The highest BCUT2D eigenvalue weighted by molar-refractivity contribution is 5.25. The van der Waals surface area contributed by atoms with Gasteiger partial charge in [0, 0.05) is 0 Å². The molecule has 0 heterocycles. The molecule has 0 nitrogen and oxygen atoms in total. The summed E-state index contributed by atoms with van der Waals surface area (Å²) >= 11 is 0. The van der Waals surface area contributed by atoms with E-state index in [1.165, 1.54) is 36.8 Å². The molecule has 0 aliphatic heterocycles. The molecule has 1 saturated carbocycles. The second kappa shape index (κ2) is 6.92. The predicted molar refractivity (Wildman–Crippen MR) is 75.7 cm³/mol. The van der Waals surface area contributed by atoms with Gasteiger partial charge in [0.2, 0.25) is 0 Å². The van der Waals surface area contributed by atoms with Gasteiger partial charge in [-0.2, -0.15) is 0 Å². The lowest BCUT2D eigenvalue weighted by Crippen LogP contribution is -2.10. The van der Waals surface area contributed by atoms with E-state index in [0.717, 1.165) is 24.7 Å². The summed E-state index contributed by atoms with van der Waals surface area (Å²) in [7, 11) is 0. The Hall–Kier alpha value is -0.850. The zero-order valence-corrected chi connectivity index (χ0v) is 11.5. The topological polar surface area (TPSA) is 0 Å². The van der Waals surface area contributed by atoms with Crippen LogP contribution in [0.3, 0.4) is 0 Å². The first kappa shape index (κ1) is 13.6. The van der Waals surface area contributed by atoms with Crippen LogP contribution in [-0.2, 0) is 6.42 Å². The summed E-state index contributed by atoms with van der Waals surface area (Å²) < 4.78 is 12.0. The minimum atomic E-state index is -0.182. The molecule has 18 heavy (non-hydrogen) atoms. The quantitative estimate of drug-likeness (QED) is 0.622. The second-order valence-corrected chi connectivity index (χ2v) is 5.84. The van der Waals surface area contributed by atoms with Crippen molar-refractivity contribution < 1.29 is 4.39 Å². The van der Waals surface area contributed by atoms with Crippen LogP contribution in [0, 0.1) is 5.92 Å². The first-order valence-electron chi connectivity index (χ1n) is 7.44. The number of rotatable bonds is 5. The van der Waals surface area contributed by atoms with Gasteiger partial charge >= 0.3 is 0 Å². The van der Waals surface area contributed by atoms with Gasteiger partial charge in [0.05, 0.1) is 6.67 Å². The molecule has 0 unspecified atom stereocenters. The van der Waals surface area contributed by atoms with Crippen molar-refractivity contribution in [1.29, 1.82) is 0 Å². The molecule has 0 saturated heterocycles. The fourth-order valence-corrected chi connectivity index (χ4v) is 2.97. The molecule has 0 N–H and O–H groups in total. The molecule has 0 bridgehead atoms. The van der Waals surface area contributed by atoms with Crippen LogP contribution in [0.15, 0.2) is 24.3 Å². The van der Waals surface area contributed by atoms with Crippen LogP contribution in [0.1, 0.15) is 62.5 Å². The number of alkyl halides is 1. The average molecular weight is 248 g/mol. The fourth-order valence-electron chi connectivity index (χ4n) is 2.97. The van der Waals surface area contributed by atoms with Crippen LogP contribution in [0.25, 0.3) is 0 Å². The Morgan fingerprint density at radius 1 is 1.00 bits per heavy atom. The minimum absolute atomic E-state index is 0.182. The molecule has 2 rings (SSSR count). The Kier molecular flexibility index (Phi) is 5.22. The summed E-state index contributed by atoms with van der Waals surface area (Å²) in [6.45, 7) is 2.18. The third kappa shape index (κ3) is 3.83. The lowest BCUT2D eigenvalue weighted by molar-refractivity contribution is 0.348. The van der Waals surface area contributed by atoms with Crippen molar-refractivity contribution in [3.8, 4) is 0 Å². The number of unbranched alkanes of at least 4 members (excludes halogenated alkanes) is 1. The summed E-state index contributed by atoms with van der Waals surface area (Å²) in [5.41, 5.74) is 2.87. The summed E-state index contributed by atoms with van der Waals surface area (Å²) in [6.07, 6.45) is 8.14. The van der Waals surface area contributed by atoms with Gasteiger partial charge in [0.25, 0.3) is 0 Å². The average Bonchev–Trinajstić information content (AvgIpc) is 2.41. The van der Waals surface area contributed by atoms with Gasteiger partial charge in [0.15, 0.2) is 0 Å². The molecule has 0 aromatic heterocycles. The van der Waals surface area contributed by atoms with Crippen molar-refractivity contribution >= 4 is 0 Å². The smallest absolute Gasteiger partial charge is 0.0894 e. The van der Waals surface area contributed by atoms with E-state index in [1.54, 1.807) is 0 Å². The SMILES string of the molecule is CC1CCC(c2ccc(CCCCF)cc2)CC1. The van der Waals surface area contributed by atoms with Crippen molar-refractivity contribution in [2.75, 3.05) is 6.67 Å². The standard InChI is InChI=1S/C17H25F/c1-14-5-9-16(10-6-14)17-11-7-15(8-12-17)4-2-3-13-18/h7-8,11-12,14,16H,2-6,9-10,13H2,1H3. The molecule has 1 aromatic rings. The van der Waals surface area contributed by atoms with E-state index in [0.29, 0.717) is 6.42 Å². The first-order chi connectivity index (χ1) is 8.79. The lowest BCUT2D eigenvalue weighted by Gasteiger charge is -2.26. The van der Waals surface area contributed by atoms with Crippen LogP contribution in [0.4, 0.5) is 4.39 Å². The van der Waals surface area contributed by atoms with Crippen LogP contribution in [-0.4, -0.2) is 6.67 Å². The molecule has 0 atom stereocenters. The largest absolute Gasteiger partial charge is 0.251 e. The third-order valence-electron chi connectivity index (χ3n) is 4.32. The van der Waals surface area contributed by atoms with Gasteiger partial charge in [0.1, 0.15) is 0 Å². The highest BCUT2D eigenvalue weighted by Gasteiger charge is 2.19. The van der Waals surface area contributed by atoms with Gasteiger partial charge in [-0.3, -0.25) is 4.39 Å². The molecule has 1 aliphatic rings. The third-order valence-corrected chi connectivity index (χ3v) is 4.32. The molecule has 1 fully saturated rings. The van der Waals surface area contributed by atoms with E-state index < -0.39 is 0 Å². The zero-order valence-electron chi connectivity index (χ0n) is 11.5. The summed E-state index contributed by atoms with van der Waals surface area (Å²) in [5.74, 6) is 1.70. The summed E-state index contributed by atoms with van der Waals surface area (Å²) in [4.78, 5) is 0. The highest BCUT2D eigenvalue weighted by atomic mass is 19.1. The number of hydrogen-bond donors (Lipinski definition) is 0. The van der Waals surface area contributed by atoms with Gasteiger partial charge in [-0.25, -0.2) is 0 Å². The Labute approximate surface area is 111 Å². The molecular formula is C17H25F. The van der Waals surface area contributed by atoms with Crippen LogP contribution in [0.2, 0.25) is 0 Å². The van der Waals surface area contributed by atoms with Crippen molar-refractivity contribution in [1.82, 2.24) is 0 Å². The van der Waals surface area contributed by atoms with E-state index in [1.807, 2.05) is 0 Å². The van der Waals surface area contributed by atoms with Gasteiger partial charge < -0.3 is 0 Å². The Morgan fingerprint density at radius 3 is 2.28 bits per heavy atom. The van der Waals surface area contributed by atoms with E-state index in [2.05, 4.69) is 31.2 Å². The van der Waals surface area contributed by atoms with Crippen molar-refractivity contribution in [2.45, 2.75) is 57.8 Å². The molecule has 1 heteroatoms. The Bertz CT molecular complexity index is 333. The number of hydrogen-bond acceptors (Lipinski definition) is 0. The number of halogens is 1. The molecule has 0 radical (unpaired) electrons. The summed E-state index contributed by atoms with van der Waals surface area (Å²) in [5, 5.41) is 0. The molecule has 1 aromatic carbocycles. The maximum absolute atomic E-state index is 12.0. The summed E-state index contributed by atoms with van der Waals surface area (Å²) in [6, 6.07) is 9.08. The lowest BCUT2D eigenvalue weighted by atomic mass is 9.79. The maximum Gasteiger partial charge on any atom is 0.0894 e. The molecular weight excluding hydrogens is 223 g/mol. The molecule has 1 aliphatic carbocycles. The monoisotopic (exact) mass is 248 g/mol. The number of benzene rings is 1. The fraction of sp³-hybridized carbons (Fsp3) is 0.647. The Morgan fingerprint density at radius 2 is 1.67 bits per heavy atom. The van der Waals surface area contributed by atoms with E-state index in [4.69, 9.17) is 0 Å². The predicted octanol–water partition coefficient (Wildman–Crippen LogP) is 5.27. The number of aryl methyl sites for hydroxylation is 1. The van der Waals surface area contributed by atoms with Crippen LogP contribution >= 0.6 is 0 Å². The highest BCUT2D eigenvalue weighted by Crippen LogP contribution is 2.35. The van der Waals surface area contributed by atoms with Crippen LogP contribution < -0.4 is 0 Å². The van der Waals surface area contributed by atoms with Gasteiger partial charge in [-0.05, 0) is 55.1 Å². The van der Waals surface area contributed by atoms with Crippen molar-refractivity contribution in [3.05, 3.63) is 35.4 Å². The van der Waals surface area contributed by atoms with Gasteiger partial charge in [-0.15, -0.1) is 0 Å². The second-order valence-electron chi connectivity index (χ2n) is 5.84. The van der Waals surface area contributed by atoms with E-state index >= 15 is 0 Å². The van der Waals surface area contributed by atoms with Gasteiger partial charge in [-0.1, -0.05) is 44.0 Å². The first-order valence-corrected chi connectivity index (χ1v) is 7.44. The molecule has 100 valence electrons. The van der Waals surface area contributed by atoms with E-state index in [-0.39, 0.29) is 6.67 Å². The Balaban J connectivity index is 1.87. The zero-order chi connectivity index (χ0) is 12.8. The van der Waals surface area contributed by atoms with Crippen LogP contribution in [0.5, 0.6) is 0 Å². The maximum atomic E-state index is 12.0.